The highest BCUT2D eigenvalue weighted by atomic mass is 127. The smallest absolute Gasteiger partial charge is 0.244 e. The van der Waals surface area contributed by atoms with Gasteiger partial charge >= 0.3 is 0 Å². The number of carbonyl (C=O) groups excluding carboxylic acids is 2. The Morgan fingerprint density at radius 3 is 2.17 bits per heavy atom. The van der Waals surface area contributed by atoms with Crippen LogP contribution in [0.2, 0.25) is 5.02 Å². The van der Waals surface area contributed by atoms with E-state index in [1.165, 1.54) is 4.90 Å². The number of carbonyl (C=O) groups is 2. The van der Waals surface area contributed by atoms with Crippen molar-refractivity contribution in [3.63, 3.8) is 0 Å². The number of hydrogen-bond donors (Lipinski definition) is 1. The summed E-state index contributed by atoms with van der Waals surface area (Å²) in [5, 5.41) is 3.72. The number of benzene rings is 3. The Bertz CT molecular complexity index is 1400. The summed E-state index contributed by atoms with van der Waals surface area (Å²) in [6.45, 7) is -0.315. The van der Waals surface area contributed by atoms with Gasteiger partial charge in [-0.2, -0.15) is 0 Å². The highest BCUT2D eigenvalue weighted by Gasteiger charge is 2.34. The zero-order chi connectivity index (χ0) is 28.7. The van der Waals surface area contributed by atoms with Gasteiger partial charge in [0.2, 0.25) is 21.8 Å². The summed E-state index contributed by atoms with van der Waals surface area (Å²) < 4.78 is 27.7. The van der Waals surface area contributed by atoms with Crippen molar-refractivity contribution in [1.82, 2.24) is 10.2 Å². The van der Waals surface area contributed by atoms with Crippen molar-refractivity contribution in [3.05, 3.63) is 98.6 Å². The van der Waals surface area contributed by atoms with E-state index in [4.69, 9.17) is 11.6 Å². The van der Waals surface area contributed by atoms with E-state index in [-0.39, 0.29) is 18.5 Å². The predicted octanol–water partition coefficient (Wildman–Crippen LogP) is 5.41. The Morgan fingerprint density at radius 2 is 1.57 bits per heavy atom. The fourth-order valence-electron chi connectivity index (χ4n) is 4.93. The minimum Gasteiger partial charge on any atom is -0.352 e. The van der Waals surface area contributed by atoms with Crippen LogP contribution in [-0.4, -0.2) is 50.0 Å². The van der Waals surface area contributed by atoms with Gasteiger partial charge in [-0.25, -0.2) is 8.42 Å². The topological polar surface area (TPSA) is 86.8 Å². The Kier molecular flexibility index (Phi) is 10.5. The van der Waals surface area contributed by atoms with Crippen LogP contribution < -0.4 is 9.62 Å². The van der Waals surface area contributed by atoms with Crippen molar-refractivity contribution in [2.45, 2.75) is 50.7 Å². The largest absolute Gasteiger partial charge is 0.352 e. The molecule has 212 valence electrons. The second-order valence-electron chi connectivity index (χ2n) is 10.1. The van der Waals surface area contributed by atoms with Crippen molar-refractivity contribution in [1.29, 1.82) is 0 Å². The molecule has 0 heterocycles. The molecule has 0 unspecified atom stereocenters. The number of rotatable bonds is 11. The summed E-state index contributed by atoms with van der Waals surface area (Å²) >= 11 is 8.25. The van der Waals surface area contributed by atoms with E-state index in [9.17, 15) is 18.0 Å². The third-order valence-electron chi connectivity index (χ3n) is 7.03. The Balaban J connectivity index is 1.71. The molecule has 3 aromatic carbocycles. The fourth-order valence-corrected chi connectivity index (χ4v) is 6.26. The van der Waals surface area contributed by atoms with Gasteiger partial charge in [-0.05, 0) is 83.0 Å². The molecule has 2 amide bonds. The Labute approximate surface area is 255 Å². The van der Waals surface area contributed by atoms with E-state index in [1.54, 1.807) is 36.4 Å². The van der Waals surface area contributed by atoms with Gasteiger partial charge in [0.05, 0.1) is 11.9 Å². The lowest BCUT2D eigenvalue weighted by Crippen LogP contribution is -2.54. The number of halogens is 2. The lowest BCUT2D eigenvalue weighted by molar-refractivity contribution is -0.140. The summed E-state index contributed by atoms with van der Waals surface area (Å²) in [6, 6.07) is 22.8. The molecule has 4 rings (SSSR count). The number of nitrogens with zero attached hydrogens (tertiary/aromatic N) is 2. The van der Waals surface area contributed by atoms with Gasteiger partial charge in [-0.1, -0.05) is 66.9 Å². The number of nitrogens with one attached hydrogen (secondary N) is 1. The zero-order valence-corrected chi connectivity index (χ0v) is 26.0. The molecule has 0 aromatic heterocycles. The highest BCUT2D eigenvalue weighted by Crippen LogP contribution is 2.23. The molecule has 3 aromatic rings. The van der Waals surface area contributed by atoms with Crippen molar-refractivity contribution >= 4 is 61.7 Å². The lowest BCUT2D eigenvalue weighted by Gasteiger charge is -2.34. The Morgan fingerprint density at radius 1 is 0.950 bits per heavy atom. The summed E-state index contributed by atoms with van der Waals surface area (Å²) in [6.07, 6.45) is 5.30. The summed E-state index contributed by atoms with van der Waals surface area (Å²) in [5.41, 5.74) is 2.07. The maximum Gasteiger partial charge on any atom is 0.244 e. The first-order valence-electron chi connectivity index (χ1n) is 13.2. The molecule has 1 aliphatic carbocycles. The molecule has 0 aliphatic heterocycles. The second-order valence-corrected chi connectivity index (χ2v) is 13.7. The van der Waals surface area contributed by atoms with Crippen LogP contribution >= 0.6 is 34.2 Å². The molecule has 1 saturated carbocycles. The van der Waals surface area contributed by atoms with Crippen LogP contribution in [-0.2, 0) is 32.6 Å². The minimum absolute atomic E-state index is 0.0672. The molecule has 40 heavy (non-hydrogen) atoms. The second kappa shape index (κ2) is 13.8. The van der Waals surface area contributed by atoms with E-state index in [1.807, 2.05) is 42.5 Å². The normalized spacial score (nSPS) is 14.5. The van der Waals surface area contributed by atoms with E-state index in [2.05, 4.69) is 27.9 Å². The average molecular weight is 694 g/mol. The zero-order valence-electron chi connectivity index (χ0n) is 22.3. The number of amides is 2. The van der Waals surface area contributed by atoms with Crippen LogP contribution in [0, 0.1) is 3.57 Å². The average Bonchev–Trinajstić information content (AvgIpc) is 3.44. The molecular weight excluding hydrogens is 661 g/mol. The van der Waals surface area contributed by atoms with Gasteiger partial charge in [0.25, 0.3) is 0 Å². The van der Waals surface area contributed by atoms with Crippen LogP contribution in [0.1, 0.15) is 36.8 Å². The molecule has 0 saturated heterocycles. The van der Waals surface area contributed by atoms with Crippen LogP contribution in [0.4, 0.5) is 5.69 Å². The quantitative estimate of drug-likeness (QED) is 0.273. The number of sulfonamides is 1. The molecular formula is C30H33ClIN3O4S. The van der Waals surface area contributed by atoms with E-state index in [0.717, 1.165) is 50.9 Å². The van der Waals surface area contributed by atoms with Gasteiger partial charge in [-0.3, -0.25) is 13.9 Å². The van der Waals surface area contributed by atoms with Crippen molar-refractivity contribution in [2.24, 2.45) is 0 Å². The van der Waals surface area contributed by atoms with E-state index >= 15 is 0 Å². The standard InChI is InChI=1S/C30H33ClIN3O4S/c1-40(38,39)35(27-17-15-25(32)16-18-27)21-29(36)34(20-23-11-13-24(31)14-12-23)28(19-22-7-3-2-4-8-22)30(37)33-26-9-5-6-10-26/h2-4,7-8,11-18,26,28H,5-6,9-10,19-21H2,1H3,(H,33,37)/t28-/m0/s1. The van der Waals surface area contributed by atoms with Gasteiger partial charge < -0.3 is 10.2 Å². The third-order valence-corrected chi connectivity index (χ3v) is 9.14. The Hall–Kier alpha value is -2.63. The molecule has 1 atom stereocenters. The molecule has 7 nitrogen and oxygen atoms in total. The van der Waals surface area contributed by atoms with Gasteiger partial charge in [0.15, 0.2) is 0 Å². The SMILES string of the molecule is CS(=O)(=O)N(CC(=O)N(Cc1ccc(Cl)cc1)[C@@H](Cc1ccccc1)C(=O)NC1CCCC1)c1ccc(I)cc1. The van der Waals surface area contributed by atoms with Crippen LogP contribution in [0.5, 0.6) is 0 Å². The first-order chi connectivity index (χ1) is 19.1. The van der Waals surface area contributed by atoms with Crippen LogP contribution in [0.3, 0.4) is 0 Å². The van der Waals surface area contributed by atoms with Crippen LogP contribution in [0.15, 0.2) is 78.9 Å². The van der Waals surface area contributed by atoms with Crippen molar-refractivity contribution < 1.29 is 18.0 Å². The van der Waals surface area contributed by atoms with Crippen molar-refractivity contribution in [3.8, 4) is 0 Å². The van der Waals surface area contributed by atoms with Gasteiger partial charge in [0, 0.05) is 27.6 Å². The van der Waals surface area contributed by atoms with Gasteiger partial charge in [0.1, 0.15) is 12.6 Å². The predicted molar refractivity (Wildman–Crippen MR) is 168 cm³/mol. The highest BCUT2D eigenvalue weighted by molar-refractivity contribution is 14.1. The van der Waals surface area contributed by atoms with Crippen LogP contribution in [0.25, 0.3) is 0 Å². The first kappa shape index (κ1) is 30.3. The summed E-state index contributed by atoms with van der Waals surface area (Å²) in [4.78, 5) is 29.4. The summed E-state index contributed by atoms with van der Waals surface area (Å²) in [7, 11) is -3.80. The lowest BCUT2D eigenvalue weighted by atomic mass is 10.0. The van der Waals surface area contributed by atoms with Crippen molar-refractivity contribution in [2.75, 3.05) is 17.1 Å². The number of hydrogen-bond acceptors (Lipinski definition) is 4. The third kappa shape index (κ3) is 8.44. The molecule has 0 bridgehead atoms. The monoisotopic (exact) mass is 693 g/mol. The molecule has 1 aliphatic rings. The molecule has 10 heteroatoms. The number of anilines is 1. The summed E-state index contributed by atoms with van der Waals surface area (Å²) in [5.74, 6) is -0.709. The first-order valence-corrected chi connectivity index (χ1v) is 16.5. The molecule has 1 fully saturated rings. The minimum atomic E-state index is -3.80. The molecule has 0 spiro atoms. The van der Waals surface area contributed by atoms with E-state index in [0.29, 0.717) is 17.1 Å². The van der Waals surface area contributed by atoms with E-state index < -0.39 is 28.5 Å². The molecule has 0 radical (unpaired) electrons. The maximum atomic E-state index is 14.1. The fraction of sp³-hybridized carbons (Fsp3) is 0.333. The maximum absolute atomic E-state index is 14.1. The molecule has 1 N–H and O–H groups in total. The van der Waals surface area contributed by atoms with Gasteiger partial charge in [-0.15, -0.1) is 0 Å².